The Morgan fingerprint density at radius 3 is 2.85 bits per heavy atom. The standard InChI is InChI=1S/C14H20N2O4/c1-10-8-12(20-15-10)13(17)16-5-3-4-11(9-16)14(2)18-6-7-19-14/h8,11H,3-7,9H2,1-2H3/t11-/m1/s1. The van der Waals surface area contributed by atoms with Gasteiger partial charge in [0.1, 0.15) is 0 Å². The fourth-order valence-corrected chi connectivity index (χ4v) is 2.98. The van der Waals surface area contributed by atoms with Gasteiger partial charge in [-0.05, 0) is 26.7 Å². The van der Waals surface area contributed by atoms with E-state index in [1.807, 2.05) is 11.8 Å². The van der Waals surface area contributed by atoms with Crippen LogP contribution in [0.2, 0.25) is 0 Å². The average Bonchev–Trinajstić information content (AvgIpc) is 3.08. The number of aromatic nitrogens is 1. The van der Waals surface area contributed by atoms with Crippen LogP contribution in [0.4, 0.5) is 0 Å². The van der Waals surface area contributed by atoms with Crippen LogP contribution >= 0.6 is 0 Å². The van der Waals surface area contributed by atoms with Gasteiger partial charge in [0.15, 0.2) is 5.79 Å². The molecule has 20 heavy (non-hydrogen) atoms. The van der Waals surface area contributed by atoms with Crippen molar-refractivity contribution in [1.29, 1.82) is 0 Å². The van der Waals surface area contributed by atoms with Crippen LogP contribution in [-0.2, 0) is 9.47 Å². The monoisotopic (exact) mass is 280 g/mol. The highest BCUT2D eigenvalue weighted by Crippen LogP contribution is 2.34. The van der Waals surface area contributed by atoms with Gasteiger partial charge in [-0.25, -0.2) is 0 Å². The lowest BCUT2D eigenvalue weighted by atomic mass is 9.90. The number of likely N-dealkylation sites (tertiary alicyclic amines) is 1. The molecule has 0 N–H and O–H groups in total. The van der Waals surface area contributed by atoms with Gasteiger partial charge in [-0.3, -0.25) is 4.79 Å². The first-order valence-electron chi connectivity index (χ1n) is 7.09. The first-order valence-corrected chi connectivity index (χ1v) is 7.09. The van der Waals surface area contributed by atoms with Gasteiger partial charge in [0.25, 0.3) is 5.91 Å². The number of aryl methyl sites for hydroxylation is 1. The molecular formula is C14H20N2O4. The molecule has 0 aliphatic carbocycles. The van der Waals surface area contributed by atoms with Gasteiger partial charge in [-0.15, -0.1) is 0 Å². The third-order valence-electron chi connectivity index (χ3n) is 4.15. The summed E-state index contributed by atoms with van der Waals surface area (Å²) in [6, 6.07) is 1.68. The molecule has 2 aliphatic rings. The number of carbonyl (C=O) groups excluding carboxylic acids is 1. The summed E-state index contributed by atoms with van der Waals surface area (Å²) >= 11 is 0. The third kappa shape index (κ3) is 2.45. The number of amides is 1. The molecule has 0 bridgehead atoms. The Kier molecular flexibility index (Phi) is 3.52. The van der Waals surface area contributed by atoms with E-state index in [-0.39, 0.29) is 11.8 Å². The topological polar surface area (TPSA) is 64.8 Å². The summed E-state index contributed by atoms with van der Waals surface area (Å²) in [4.78, 5) is 14.2. The summed E-state index contributed by atoms with van der Waals surface area (Å²) in [5, 5.41) is 3.77. The number of piperidine rings is 1. The first kappa shape index (κ1) is 13.6. The van der Waals surface area contributed by atoms with Crippen molar-refractivity contribution in [2.45, 2.75) is 32.5 Å². The number of ether oxygens (including phenoxy) is 2. The molecule has 2 aliphatic heterocycles. The highest BCUT2D eigenvalue weighted by molar-refractivity contribution is 5.91. The minimum absolute atomic E-state index is 0.100. The van der Waals surface area contributed by atoms with Crippen molar-refractivity contribution in [1.82, 2.24) is 10.1 Å². The van der Waals surface area contributed by atoms with Crippen LogP contribution in [0.5, 0.6) is 0 Å². The van der Waals surface area contributed by atoms with Crippen LogP contribution in [-0.4, -0.2) is 48.1 Å². The zero-order valence-corrected chi connectivity index (χ0v) is 11.9. The Hall–Kier alpha value is -1.40. The van der Waals surface area contributed by atoms with Crippen molar-refractivity contribution in [3.8, 4) is 0 Å². The maximum absolute atomic E-state index is 12.4. The third-order valence-corrected chi connectivity index (χ3v) is 4.15. The summed E-state index contributed by atoms with van der Waals surface area (Å²) in [5.74, 6) is -0.152. The summed E-state index contributed by atoms with van der Waals surface area (Å²) in [6.07, 6.45) is 1.96. The molecule has 1 atom stereocenters. The average molecular weight is 280 g/mol. The van der Waals surface area contributed by atoms with Crippen molar-refractivity contribution in [2.24, 2.45) is 5.92 Å². The fraction of sp³-hybridized carbons (Fsp3) is 0.714. The molecule has 6 heteroatoms. The zero-order chi connectivity index (χ0) is 14.2. The molecule has 0 aromatic carbocycles. The van der Waals surface area contributed by atoms with E-state index in [0.29, 0.717) is 25.5 Å². The predicted octanol–water partition coefficient (Wildman–Crippen LogP) is 1.60. The quantitative estimate of drug-likeness (QED) is 0.823. The van der Waals surface area contributed by atoms with E-state index in [2.05, 4.69) is 5.16 Å². The lowest BCUT2D eigenvalue weighted by Gasteiger charge is -2.39. The molecule has 3 heterocycles. The molecule has 0 radical (unpaired) electrons. The van der Waals surface area contributed by atoms with Gasteiger partial charge in [0.05, 0.1) is 18.9 Å². The minimum Gasteiger partial charge on any atom is -0.351 e. The van der Waals surface area contributed by atoms with Crippen molar-refractivity contribution in [3.05, 3.63) is 17.5 Å². The summed E-state index contributed by atoms with van der Waals surface area (Å²) < 4.78 is 16.5. The molecule has 0 saturated carbocycles. The molecule has 1 aromatic heterocycles. The van der Waals surface area contributed by atoms with E-state index in [1.54, 1.807) is 13.0 Å². The van der Waals surface area contributed by atoms with Gasteiger partial charge in [-0.1, -0.05) is 5.16 Å². The van der Waals surface area contributed by atoms with Crippen LogP contribution in [0.1, 0.15) is 36.0 Å². The molecule has 3 rings (SSSR count). The van der Waals surface area contributed by atoms with E-state index >= 15 is 0 Å². The molecule has 2 saturated heterocycles. The Morgan fingerprint density at radius 2 is 2.20 bits per heavy atom. The summed E-state index contributed by atoms with van der Waals surface area (Å²) in [5.41, 5.74) is 0.719. The zero-order valence-electron chi connectivity index (χ0n) is 11.9. The van der Waals surface area contributed by atoms with Crippen LogP contribution in [0.15, 0.2) is 10.6 Å². The summed E-state index contributed by atoms with van der Waals surface area (Å²) in [6.45, 7) is 6.41. The lowest BCUT2D eigenvalue weighted by Crippen LogP contribution is -2.48. The second-order valence-electron chi connectivity index (χ2n) is 5.64. The van der Waals surface area contributed by atoms with Crippen LogP contribution in [0.25, 0.3) is 0 Å². The Balaban J connectivity index is 1.70. The minimum atomic E-state index is -0.559. The second-order valence-corrected chi connectivity index (χ2v) is 5.64. The largest absolute Gasteiger partial charge is 0.351 e. The SMILES string of the molecule is Cc1cc(C(=O)N2CCC[C@@H](C3(C)OCCO3)C2)on1. The number of hydrogen-bond acceptors (Lipinski definition) is 5. The number of carbonyl (C=O) groups is 1. The second kappa shape index (κ2) is 5.18. The maximum Gasteiger partial charge on any atom is 0.292 e. The normalized spacial score (nSPS) is 25.9. The van der Waals surface area contributed by atoms with Crippen LogP contribution < -0.4 is 0 Å². The maximum atomic E-state index is 12.4. The van der Waals surface area contributed by atoms with Gasteiger partial charge in [0.2, 0.25) is 5.76 Å². The van der Waals surface area contributed by atoms with Gasteiger partial charge in [-0.2, -0.15) is 0 Å². The molecule has 110 valence electrons. The van der Waals surface area contributed by atoms with Crippen LogP contribution in [0.3, 0.4) is 0 Å². The van der Waals surface area contributed by atoms with E-state index in [1.165, 1.54) is 0 Å². The lowest BCUT2D eigenvalue weighted by molar-refractivity contribution is -0.189. The van der Waals surface area contributed by atoms with Crippen molar-refractivity contribution < 1.29 is 18.8 Å². The molecular weight excluding hydrogens is 260 g/mol. The molecule has 1 aromatic rings. The fourth-order valence-electron chi connectivity index (χ4n) is 2.98. The van der Waals surface area contributed by atoms with Crippen molar-refractivity contribution in [3.63, 3.8) is 0 Å². The molecule has 1 amide bonds. The Labute approximate surface area is 118 Å². The highest BCUT2D eigenvalue weighted by Gasteiger charge is 2.42. The smallest absolute Gasteiger partial charge is 0.292 e. The highest BCUT2D eigenvalue weighted by atomic mass is 16.7. The van der Waals surface area contributed by atoms with Gasteiger partial charge >= 0.3 is 0 Å². The van der Waals surface area contributed by atoms with E-state index in [4.69, 9.17) is 14.0 Å². The van der Waals surface area contributed by atoms with Gasteiger partial charge in [0, 0.05) is 25.1 Å². The predicted molar refractivity (Wildman–Crippen MR) is 70.2 cm³/mol. The number of hydrogen-bond donors (Lipinski definition) is 0. The summed E-state index contributed by atoms with van der Waals surface area (Å²) in [7, 11) is 0. The van der Waals surface area contributed by atoms with E-state index in [9.17, 15) is 4.79 Å². The number of nitrogens with zero attached hydrogens (tertiary/aromatic N) is 2. The van der Waals surface area contributed by atoms with Crippen molar-refractivity contribution >= 4 is 5.91 Å². The van der Waals surface area contributed by atoms with Gasteiger partial charge < -0.3 is 18.9 Å². The molecule has 6 nitrogen and oxygen atoms in total. The van der Waals surface area contributed by atoms with Crippen LogP contribution in [0, 0.1) is 12.8 Å². The van der Waals surface area contributed by atoms with E-state index < -0.39 is 5.79 Å². The molecule has 0 unspecified atom stereocenters. The molecule has 2 fully saturated rings. The Bertz CT molecular complexity index is 493. The van der Waals surface area contributed by atoms with E-state index in [0.717, 1.165) is 25.1 Å². The number of rotatable bonds is 2. The molecule has 0 spiro atoms. The Morgan fingerprint density at radius 1 is 1.45 bits per heavy atom. The van der Waals surface area contributed by atoms with Crippen molar-refractivity contribution in [2.75, 3.05) is 26.3 Å². The first-order chi connectivity index (χ1) is 9.58.